The van der Waals surface area contributed by atoms with E-state index in [1.807, 2.05) is 36.5 Å². The van der Waals surface area contributed by atoms with Crippen LogP contribution in [0.15, 0.2) is 67.8 Å². The van der Waals surface area contributed by atoms with Crippen LogP contribution in [0.5, 0.6) is 0 Å². The maximum atomic E-state index is 11.5. The minimum Gasteiger partial charge on any atom is -0.360 e. The SMILES string of the molecule is CS(=O)(=O)c1ccc(Sc2c[nH]c3cccc(Br)c23)cc1. The summed E-state index contributed by atoms with van der Waals surface area (Å²) in [7, 11) is -3.15. The Kier molecular flexibility index (Phi) is 3.86. The Labute approximate surface area is 135 Å². The molecule has 3 nitrogen and oxygen atoms in total. The highest BCUT2D eigenvalue weighted by atomic mass is 79.9. The van der Waals surface area contributed by atoms with E-state index in [1.54, 1.807) is 23.9 Å². The molecular weight excluding hydrogens is 370 g/mol. The number of fused-ring (bicyclic) bond motifs is 1. The highest BCUT2D eigenvalue weighted by Gasteiger charge is 2.10. The summed E-state index contributed by atoms with van der Waals surface area (Å²) in [5.74, 6) is 0. The maximum Gasteiger partial charge on any atom is 0.175 e. The molecule has 1 heterocycles. The van der Waals surface area contributed by atoms with Crippen molar-refractivity contribution < 1.29 is 8.42 Å². The molecule has 0 aliphatic carbocycles. The number of hydrogen-bond acceptors (Lipinski definition) is 3. The molecule has 108 valence electrons. The minimum atomic E-state index is -3.15. The predicted octanol–water partition coefficient (Wildman–Crippen LogP) is 4.49. The van der Waals surface area contributed by atoms with Gasteiger partial charge in [0.2, 0.25) is 0 Å². The fraction of sp³-hybridized carbons (Fsp3) is 0.0667. The summed E-state index contributed by atoms with van der Waals surface area (Å²) in [5.41, 5.74) is 1.07. The third-order valence-corrected chi connectivity index (χ3v) is 5.94. The van der Waals surface area contributed by atoms with Gasteiger partial charge >= 0.3 is 0 Å². The second-order valence-corrected chi connectivity index (χ2v) is 8.65. The number of aromatic amines is 1. The quantitative estimate of drug-likeness (QED) is 0.727. The fourth-order valence-electron chi connectivity index (χ4n) is 2.07. The largest absolute Gasteiger partial charge is 0.360 e. The van der Waals surface area contributed by atoms with Crippen molar-refractivity contribution in [2.24, 2.45) is 0 Å². The monoisotopic (exact) mass is 381 g/mol. The lowest BCUT2D eigenvalue weighted by Gasteiger charge is -2.03. The van der Waals surface area contributed by atoms with Gasteiger partial charge in [0, 0.05) is 37.6 Å². The molecule has 0 unspecified atom stereocenters. The fourth-order valence-corrected chi connectivity index (χ4v) is 4.38. The van der Waals surface area contributed by atoms with E-state index in [-0.39, 0.29) is 0 Å². The van der Waals surface area contributed by atoms with E-state index in [0.29, 0.717) is 4.90 Å². The van der Waals surface area contributed by atoms with Crippen LogP contribution in [0, 0.1) is 0 Å². The molecule has 3 rings (SSSR count). The first-order valence-corrected chi connectivity index (χ1v) is 9.69. The summed E-state index contributed by atoms with van der Waals surface area (Å²) in [5, 5.41) is 1.13. The van der Waals surface area contributed by atoms with Gasteiger partial charge in [-0.1, -0.05) is 33.8 Å². The van der Waals surface area contributed by atoms with Gasteiger partial charge in [-0.25, -0.2) is 8.42 Å². The van der Waals surface area contributed by atoms with Crippen molar-refractivity contribution in [3.05, 3.63) is 53.1 Å². The van der Waals surface area contributed by atoms with E-state index >= 15 is 0 Å². The van der Waals surface area contributed by atoms with Gasteiger partial charge in [-0.15, -0.1) is 0 Å². The zero-order chi connectivity index (χ0) is 15.0. The zero-order valence-electron chi connectivity index (χ0n) is 11.1. The number of H-pyrrole nitrogens is 1. The summed E-state index contributed by atoms with van der Waals surface area (Å²) in [6, 6.07) is 13.0. The summed E-state index contributed by atoms with van der Waals surface area (Å²) in [6.07, 6.45) is 3.18. The van der Waals surface area contributed by atoms with Crippen molar-refractivity contribution in [2.75, 3.05) is 6.26 Å². The lowest BCUT2D eigenvalue weighted by Crippen LogP contribution is -1.95. The number of benzene rings is 2. The molecule has 0 saturated heterocycles. The lowest BCUT2D eigenvalue weighted by atomic mass is 10.2. The van der Waals surface area contributed by atoms with Crippen LogP contribution < -0.4 is 0 Å². The first-order chi connectivity index (χ1) is 9.95. The predicted molar refractivity (Wildman–Crippen MR) is 89.7 cm³/mol. The molecule has 0 aliphatic heterocycles. The maximum absolute atomic E-state index is 11.5. The van der Waals surface area contributed by atoms with Gasteiger partial charge in [0.25, 0.3) is 0 Å². The highest BCUT2D eigenvalue weighted by Crippen LogP contribution is 2.37. The molecule has 0 aliphatic rings. The number of nitrogens with one attached hydrogen (secondary N) is 1. The zero-order valence-corrected chi connectivity index (χ0v) is 14.3. The number of hydrogen-bond donors (Lipinski definition) is 1. The van der Waals surface area contributed by atoms with E-state index in [0.717, 1.165) is 25.2 Å². The third-order valence-electron chi connectivity index (χ3n) is 3.10. The molecule has 2 aromatic carbocycles. The lowest BCUT2D eigenvalue weighted by molar-refractivity contribution is 0.602. The van der Waals surface area contributed by atoms with Crippen molar-refractivity contribution in [3.63, 3.8) is 0 Å². The molecule has 21 heavy (non-hydrogen) atoms. The third kappa shape index (κ3) is 3.02. The van der Waals surface area contributed by atoms with Crippen molar-refractivity contribution in [3.8, 4) is 0 Å². The molecule has 1 aromatic heterocycles. The van der Waals surface area contributed by atoms with Gasteiger partial charge in [-0.2, -0.15) is 0 Å². The first-order valence-electron chi connectivity index (χ1n) is 6.19. The standard InChI is InChI=1S/C15H12BrNO2S2/c1-21(18,19)11-7-5-10(6-8-11)20-14-9-17-13-4-2-3-12(16)15(13)14/h2-9,17H,1H3. The molecular formula is C15H12BrNO2S2. The highest BCUT2D eigenvalue weighted by molar-refractivity contribution is 9.10. The summed E-state index contributed by atoms with van der Waals surface area (Å²) >= 11 is 5.17. The van der Waals surface area contributed by atoms with Gasteiger partial charge < -0.3 is 4.98 Å². The second kappa shape index (κ2) is 5.51. The Morgan fingerprint density at radius 1 is 1.10 bits per heavy atom. The molecule has 6 heteroatoms. The van der Waals surface area contributed by atoms with Gasteiger partial charge in [0.05, 0.1) is 4.90 Å². The van der Waals surface area contributed by atoms with Crippen LogP contribution in [-0.2, 0) is 9.84 Å². The van der Waals surface area contributed by atoms with Crippen LogP contribution in [0.2, 0.25) is 0 Å². The van der Waals surface area contributed by atoms with Crippen molar-refractivity contribution in [1.82, 2.24) is 4.98 Å². The number of halogens is 1. The van der Waals surface area contributed by atoms with Gasteiger partial charge in [0.1, 0.15) is 0 Å². The Bertz CT molecular complexity index is 899. The van der Waals surface area contributed by atoms with E-state index in [2.05, 4.69) is 20.9 Å². The smallest absolute Gasteiger partial charge is 0.175 e. The summed E-state index contributed by atoms with van der Waals surface area (Å²) in [4.78, 5) is 5.68. The van der Waals surface area contributed by atoms with E-state index in [4.69, 9.17) is 0 Å². The van der Waals surface area contributed by atoms with Crippen molar-refractivity contribution >= 4 is 48.4 Å². The van der Waals surface area contributed by atoms with Gasteiger partial charge in [-0.05, 0) is 36.4 Å². The van der Waals surface area contributed by atoms with Crippen LogP contribution in [0.4, 0.5) is 0 Å². The minimum absolute atomic E-state index is 0.340. The number of rotatable bonds is 3. The normalized spacial score (nSPS) is 11.9. The summed E-state index contributed by atoms with van der Waals surface area (Å²) in [6.45, 7) is 0. The van der Waals surface area contributed by atoms with E-state index < -0.39 is 9.84 Å². The Morgan fingerprint density at radius 2 is 1.81 bits per heavy atom. The van der Waals surface area contributed by atoms with Crippen LogP contribution in [-0.4, -0.2) is 19.7 Å². The van der Waals surface area contributed by atoms with Gasteiger partial charge in [0.15, 0.2) is 9.84 Å². The molecule has 0 bridgehead atoms. The Hall–Kier alpha value is -1.24. The molecule has 1 N–H and O–H groups in total. The van der Waals surface area contributed by atoms with E-state index in [1.165, 1.54) is 6.26 Å². The molecule has 0 atom stereocenters. The van der Waals surface area contributed by atoms with Crippen LogP contribution in [0.3, 0.4) is 0 Å². The van der Waals surface area contributed by atoms with Crippen LogP contribution >= 0.6 is 27.7 Å². The average Bonchev–Trinajstić information content (AvgIpc) is 2.83. The molecule has 0 fully saturated rings. The topological polar surface area (TPSA) is 49.9 Å². The molecule has 3 aromatic rings. The number of aromatic nitrogens is 1. The Balaban J connectivity index is 1.96. The Morgan fingerprint density at radius 3 is 2.48 bits per heavy atom. The van der Waals surface area contributed by atoms with E-state index in [9.17, 15) is 8.42 Å². The average molecular weight is 382 g/mol. The first kappa shape index (κ1) is 14.7. The van der Waals surface area contributed by atoms with Gasteiger partial charge in [-0.3, -0.25) is 0 Å². The second-order valence-electron chi connectivity index (χ2n) is 4.66. The van der Waals surface area contributed by atoms with Crippen molar-refractivity contribution in [2.45, 2.75) is 14.7 Å². The molecule has 0 amide bonds. The summed E-state index contributed by atoms with van der Waals surface area (Å²) < 4.78 is 24.0. The van der Waals surface area contributed by atoms with Crippen LogP contribution in [0.1, 0.15) is 0 Å². The molecule has 0 spiro atoms. The number of sulfone groups is 1. The van der Waals surface area contributed by atoms with Crippen LogP contribution in [0.25, 0.3) is 10.9 Å². The van der Waals surface area contributed by atoms with Crippen molar-refractivity contribution in [1.29, 1.82) is 0 Å². The molecule has 0 radical (unpaired) electrons. The molecule has 0 saturated carbocycles.